The summed E-state index contributed by atoms with van der Waals surface area (Å²) in [6.45, 7) is 1.53. The summed E-state index contributed by atoms with van der Waals surface area (Å²) in [5, 5.41) is 0. The molecule has 1 aliphatic heterocycles. The van der Waals surface area contributed by atoms with Crippen LogP contribution in [0.15, 0.2) is 0 Å². The van der Waals surface area contributed by atoms with Crippen molar-refractivity contribution in [2.24, 2.45) is 0 Å². The Balaban J connectivity index is 2.64. The third-order valence-electron chi connectivity index (χ3n) is 1.48. The minimum atomic E-state index is -2.33. The average Bonchev–Trinajstić information content (AvgIpc) is 2.10. The summed E-state index contributed by atoms with van der Waals surface area (Å²) >= 11 is 4.97. The first-order valence-corrected chi connectivity index (χ1v) is 5.65. The number of rotatable bonds is 1. The Morgan fingerprint density at radius 1 is 1.30 bits per heavy atom. The second kappa shape index (κ2) is 2.88. The standard InChI is InChI=1S/C5H11O3PS/c1-4-5(2)8-9(10,6-3)7-4/h4-5H,1-3H3/t4-,5+,9?. The molecule has 0 N–H and O–H groups in total. The van der Waals surface area contributed by atoms with Gasteiger partial charge in [0.1, 0.15) is 0 Å². The predicted octanol–water partition coefficient (Wildman–Crippen LogP) is 1.68. The zero-order valence-corrected chi connectivity index (χ0v) is 7.95. The molecule has 0 aromatic carbocycles. The summed E-state index contributed by atoms with van der Waals surface area (Å²) in [4.78, 5) is 0. The number of hydrogen-bond donors (Lipinski definition) is 0. The van der Waals surface area contributed by atoms with Crippen molar-refractivity contribution < 1.29 is 13.6 Å². The van der Waals surface area contributed by atoms with E-state index in [1.807, 2.05) is 13.8 Å². The minimum absolute atomic E-state index is 0.0609. The topological polar surface area (TPSA) is 27.7 Å². The van der Waals surface area contributed by atoms with Crippen molar-refractivity contribution in [1.29, 1.82) is 0 Å². The molecule has 0 bridgehead atoms. The summed E-state index contributed by atoms with van der Waals surface area (Å²) in [6, 6.07) is 0. The van der Waals surface area contributed by atoms with Crippen LogP contribution in [-0.2, 0) is 25.4 Å². The van der Waals surface area contributed by atoms with Gasteiger partial charge in [-0.25, -0.2) is 0 Å². The van der Waals surface area contributed by atoms with E-state index in [1.165, 1.54) is 7.11 Å². The van der Waals surface area contributed by atoms with Crippen LogP contribution in [0, 0.1) is 0 Å². The highest BCUT2D eigenvalue weighted by Gasteiger charge is 2.36. The minimum Gasteiger partial charge on any atom is -0.312 e. The molecule has 0 spiro atoms. The fourth-order valence-corrected chi connectivity index (χ4v) is 2.88. The summed E-state index contributed by atoms with van der Waals surface area (Å²) in [5.41, 5.74) is 0. The first-order chi connectivity index (χ1) is 4.57. The van der Waals surface area contributed by atoms with Gasteiger partial charge in [-0.3, -0.25) is 0 Å². The second-order valence-corrected chi connectivity index (χ2v) is 5.27. The summed E-state index contributed by atoms with van der Waals surface area (Å²) in [7, 11) is 1.52. The predicted molar refractivity (Wildman–Crippen MR) is 42.4 cm³/mol. The lowest BCUT2D eigenvalue weighted by Crippen LogP contribution is -2.13. The van der Waals surface area contributed by atoms with Gasteiger partial charge in [0.15, 0.2) is 0 Å². The van der Waals surface area contributed by atoms with Crippen LogP contribution in [0.2, 0.25) is 0 Å². The van der Waals surface area contributed by atoms with Gasteiger partial charge in [-0.2, -0.15) is 0 Å². The van der Waals surface area contributed by atoms with E-state index in [9.17, 15) is 0 Å². The van der Waals surface area contributed by atoms with E-state index in [2.05, 4.69) is 0 Å². The average molecular weight is 182 g/mol. The first-order valence-electron chi connectivity index (χ1n) is 3.10. The quantitative estimate of drug-likeness (QED) is 0.577. The highest BCUT2D eigenvalue weighted by atomic mass is 32.5. The molecule has 1 heterocycles. The van der Waals surface area contributed by atoms with Crippen molar-refractivity contribution in [3.05, 3.63) is 0 Å². The van der Waals surface area contributed by atoms with Crippen LogP contribution in [0.5, 0.6) is 0 Å². The van der Waals surface area contributed by atoms with Crippen molar-refractivity contribution in [3.8, 4) is 0 Å². The summed E-state index contributed by atoms with van der Waals surface area (Å²) < 4.78 is 15.5. The lowest BCUT2D eigenvalue weighted by Gasteiger charge is -2.09. The molecule has 60 valence electrons. The van der Waals surface area contributed by atoms with Gasteiger partial charge in [0.2, 0.25) is 0 Å². The Morgan fingerprint density at radius 2 is 1.70 bits per heavy atom. The van der Waals surface area contributed by atoms with Gasteiger partial charge in [0.25, 0.3) is 0 Å². The highest BCUT2D eigenvalue weighted by molar-refractivity contribution is 8.07. The molecular formula is C5H11O3PS. The largest absolute Gasteiger partial charge is 0.327 e. The van der Waals surface area contributed by atoms with Gasteiger partial charge in [-0.1, -0.05) is 0 Å². The molecule has 10 heavy (non-hydrogen) atoms. The Labute approximate surface area is 65.9 Å². The zero-order chi connectivity index (χ0) is 7.78. The highest BCUT2D eigenvalue weighted by Crippen LogP contribution is 2.56. The van der Waals surface area contributed by atoms with E-state index in [0.29, 0.717) is 0 Å². The summed E-state index contributed by atoms with van der Waals surface area (Å²) in [6.07, 6.45) is 0.122. The molecule has 0 aromatic rings. The van der Waals surface area contributed by atoms with Gasteiger partial charge in [0.05, 0.1) is 12.2 Å². The maximum Gasteiger partial charge on any atom is 0.327 e. The van der Waals surface area contributed by atoms with Crippen molar-refractivity contribution >= 4 is 18.5 Å². The number of hydrogen-bond acceptors (Lipinski definition) is 4. The van der Waals surface area contributed by atoms with E-state index < -0.39 is 6.72 Å². The first kappa shape index (κ1) is 8.62. The molecule has 0 saturated carbocycles. The van der Waals surface area contributed by atoms with Gasteiger partial charge in [-0.15, -0.1) is 0 Å². The lowest BCUT2D eigenvalue weighted by molar-refractivity contribution is 0.187. The molecule has 0 amide bonds. The van der Waals surface area contributed by atoms with Crippen LogP contribution < -0.4 is 0 Å². The van der Waals surface area contributed by atoms with Crippen LogP contribution in [0.25, 0.3) is 0 Å². The maximum atomic E-state index is 5.29. The molecule has 0 radical (unpaired) electrons. The molecule has 1 saturated heterocycles. The molecular weight excluding hydrogens is 171 g/mol. The Morgan fingerprint density at radius 3 is 1.90 bits per heavy atom. The smallest absolute Gasteiger partial charge is 0.312 e. The lowest BCUT2D eigenvalue weighted by atomic mass is 10.3. The van der Waals surface area contributed by atoms with Crippen molar-refractivity contribution in [2.45, 2.75) is 26.1 Å². The molecule has 0 aliphatic carbocycles. The van der Waals surface area contributed by atoms with Gasteiger partial charge in [-0.05, 0) is 25.7 Å². The van der Waals surface area contributed by atoms with E-state index >= 15 is 0 Å². The molecule has 1 fully saturated rings. The maximum absolute atomic E-state index is 5.29. The van der Waals surface area contributed by atoms with Gasteiger partial charge >= 0.3 is 6.72 Å². The van der Waals surface area contributed by atoms with E-state index in [0.717, 1.165) is 0 Å². The Kier molecular flexibility index (Phi) is 2.48. The van der Waals surface area contributed by atoms with Crippen LogP contribution in [0.1, 0.15) is 13.8 Å². The SMILES string of the molecule is COP1(=S)O[C@@H](C)[C@@H](C)O1. The second-order valence-electron chi connectivity index (χ2n) is 2.25. The molecule has 5 heteroatoms. The normalized spacial score (nSPS) is 47.9. The van der Waals surface area contributed by atoms with Crippen molar-refractivity contribution in [2.75, 3.05) is 7.11 Å². The van der Waals surface area contributed by atoms with Gasteiger partial charge < -0.3 is 13.6 Å². The van der Waals surface area contributed by atoms with Crippen LogP contribution in [-0.4, -0.2) is 19.3 Å². The molecule has 1 aliphatic rings. The third kappa shape index (κ3) is 1.57. The molecule has 0 aromatic heterocycles. The van der Waals surface area contributed by atoms with E-state index in [4.69, 9.17) is 25.4 Å². The summed E-state index contributed by atoms with van der Waals surface area (Å²) in [5.74, 6) is 0. The third-order valence-corrected chi connectivity index (χ3v) is 4.07. The van der Waals surface area contributed by atoms with Crippen molar-refractivity contribution in [3.63, 3.8) is 0 Å². The molecule has 3 atom stereocenters. The molecule has 3 nitrogen and oxygen atoms in total. The Bertz CT molecular complexity index is 158. The van der Waals surface area contributed by atoms with Crippen LogP contribution in [0.4, 0.5) is 0 Å². The molecule has 1 rings (SSSR count). The fourth-order valence-electron chi connectivity index (χ4n) is 0.690. The van der Waals surface area contributed by atoms with E-state index in [-0.39, 0.29) is 12.2 Å². The van der Waals surface area contributed by atoms with E-state index in [1.54, 1.807) is 0 Å². The van der Waals surface area contributed by atoms with Crippen LogP contribution >= 0.6 is 6.72 Å². The van der Waals surface area contributed by atoms with Crippen LogP contribution in [0.3, 0.4) is 0 Å². The fraction of sp³-hybridized carbons (Fsp3) is 1.00. The monoisotopic (exact) mass is 182 g/mol. The molecule has 1 unspecified atom stereocenters. The Hall–Kier alpha value is 0.530. The van der Waals surface area contributed by atoms with Gasteiger partial charge in [0, 0.05) is 7.11 Å². The zero-order valence-electron chi connectivity index (χ0n) is 6.23. The van der Waals surface area contributed by atoms with Crippen molar-refractivity contribution in [1.82, 2.24) is 0 Å².